The molecule has 1 rings (SSSR count). The van der Waals surface area contributed by atoms with Gasteiger partial charge in [0, 0.05) is 19.0 Å². The zero-order chi connectivity index (χ0) is 10.3. The van der Waals surface area contributed by atoms with E-state index in [1.54, 1.807) is 0 Å². The Morgan fingerprint density at radius 1 is 1.38 bits per heavy atom. The van der Waals surface area contributed by atoms with E-state index in [4.69, 9.17) is 15.6 Å². The molecule has 78 valence electrons. The highest BCUT2D eigenvalue weighted by atomic mass is 16.4. The average Bonchev–Trinajstić information content (AvgIpc) is 2.05. The predicted molar refractivity (Wildman–Crippen MR) is 52.6 cm³/mol. The van der Waals surface area contributed by atoms with Crippen molar-refractivity contribution in [3.63, 3.8) is 0 Å². The number of nitrogens with one attached hydrogen (secondary N) is 1. The number of rotatable bonds is 1. The normalized spacial score (nSPS) is 27.3. The Labute approximate surface area is 79.5 Å². The summed E-state index contributed by atoms with van der Waals surface area (Å²) in [6, 6.07) is 1.22. The first-order valence-electron chi connectivity index (χ1n) is 4.68. The van der Waals surface area contributed by atoms with Crippen LogP contribution in [-0.2, 0) is 4.79 Å². The van der Waals surface area contributed by atoms with E-state index in [1.807, 2.05) is 7.05 Å². The molecule has 0 aliphatic heterocycles. The lowest BCUT2D eigenvalue weighted by Gasteiger charge is -2.25. The maximum Gasteiger partial charge on any atom is 0.300 e. The van der Waals surface area contributed by atoms with Gasteiger partial charge >= 0.3 is 0 Å². The molecule has 0 bridgehead atoms. The van der Waals surface area contributed by atoms with E-state index >= 15 is 0 Å². The molecule has 13 heavy (non-hydrogen) atoms. The van der Waals surface area contributed by atoms with Crippen molar-refractivity contribution in [2.45, 2.75) is 44.7 Å². The third kappa shape index (κ3) is 7.74. The second-order valence-corrected chi connectivity index (χ2v) is 3.42. The number of hydrogen-bond acceptors (Lipinski definition) is 3. The van der Waals surface area contributed by atoms with Gasteiger partial charge in [0.2, 0.25) is 0 Å². The molecule has 0 unspecified atom stereocenters. The lowest BCUT2D eigenvalue weighted by atomic mass is 9.92. The number of aliphatic carboxylic acids is 1. The van der Waals surface area contributed by atoms with E-state index in [-0.39, 0.29) is 0 Å². The Morgan fingerprint density at radius 2 is 1.77 bits per heavy atom. The van der Waals surface area contributed by atoms with Crippen LogP contribution in [0, 0.1) is 0 Å². The summed E-state index contributed by atoms with van der Waals surface area (Å²) < 4.78 is 0. The van der Waals surface area contributed by atoms with Gasteiger partial charge in [-0.1, -0.05) is 0 Å². The first kappa shape index (κ1) is 12.4. The SMILES string of the molecule is CC(=O)O.CN[C@H]1CC[C@@H](N)CC1. The van der Waals surface area contributed by atoms with Crippen LogP contribution in [0.1, 0.15) is 32.6 Å². The fraction of sp³-hybridized carbons (Fsp3) is 0.889. The van der Waals surface area contributed by atoms with Crippen molar-refractivity contribution in [3.8, 4) is 0 Å². The fourth-order valence-electron chi connectivity index (χ4n) is 1.41. The van der Waals surface area contributed by atoms with Gasteiger partial charge in [-0.25, -0.2) is 0 Å². The molecule has 1 fully saturated rings. The van der Waals surface area contributed by atoms with Gasteiger partial charge in [0.25, 0.3) is 5.97 Å². The van der Waals surface area contributed by atoms with Crippen molar-refractivity contribution in [1.82, 2.24) is 5.32 Å². The maximum atomic E-state index is 9.00. The van der Waals surface area contributed by atoms with Crippen molar-refractivity contribution in [2.75, 3.05) is 7.05 Å². The highest BCUT2D eigenvalue weighted by Crippen LogP contribution is 2.15. The van der Waals surface area contributed by atoms with Crippen LogP contribution in [0.2, 0.25) is 0 Å². The van der Waals surface area contributed by atoms with Gasteiger partial charge in [-0.2, -0.15) is 0 Å². The lowest BCUT2D eigenvalue weighted by molar-refractivity contribution is -0.134. The molecule has 4 nitrogen and oxygen atoms in total. The molecule has 1 aliphatic carbocycles. The van der Waals surface area contributed by atoms with E-state index in [0.29, 0.717) is 6.04 Å². The molecule has 0 aromatic rings. The third-order valence-electron chi connectivity index (χ3n) is 2.18. The van der Waals surface area contributed by atoms with Crippen LogP contribution in [-0.4, -0.2) is 30.2 Å². The predicted octanol–water partition coefficient (Wildman–Crippen LogP) is 0.567. The minimum absolute atomic E-state index is 0.481. The number of hydrogen-bond donors (Lipinski definition) is 3. The standard InChI is InChI=1S/C7H16N2.C2H4O2/c1-9-7-4-2-6(8)3-5-7;1-2(3)4/h6-7,9H,2-5,8H2,1H3;1H3,(H,3,4)/t6-,7+;. The largest absolute Gasteiger partial charge is 0.481 e. The van der Waals surface area contributed by atoms with E-state index in [0.717, 1.165) is 13.0 Å². The van der Waals surface area contributed by atoms with Crippen LogP contribution >= 0.6 is 0 Å². The molecule has 0 amide bonds. The molecule has 0 spiro atoms. The smallest absolute Gasteiger partial charge is 0.300 e. The Balaban J connectivity index is 0.000000310. The van der Waals surface area contributed by atoms with E-state index in [2.05, 4.69) is 5.32 Å². The summed E-state index contributed by atoms with van der Waals surface area (Å²) in [6.07, 6.45) is 4.92. The maximum absolute atomic E-state index is 9.00. The number of carboxylic acid groups (broad SMARTS) is 1. The summed E-state index contributed by atoms with van der Waals surface area (Å²) in [7, 11) is 2.03. The topological polar surface area (TPSA) is 75.3 Å². The average molecular weight is 188 g/mol. The molecule has 0 heterocycles. The molecule has 4 heteroatoms. The van der Waals surface area contributed by atoms with Crippen LogP contribution in [0.4, 0.5) is 0 Å². The highest BCUT2D eigenvalue weighted by Gasteiger charge is 2.15. The molecule has 0 saturated heterocycles. The second kappa shape index (κ2) is 6.86. The zero-order valence-corrected chi connectivity index (χ0v) is 8.42. The van der Waals surface area contributed by atoms with Gasteiger partial charge in [-0.05, 0) is 32.7 Å². The minimum Gasteiger partial charge on any atom is -0.481 e. The second-order valence-electron chi connectivity index (χ2n) is 3.42. The molecule has 0 aromatic carbocycles. The van der Waals surface area contributed by atoms with Crippen LogP contribution in [0.3, 0.4) is 0 Å². The molecule has 4 N–H and O–H groups in total. The first-order valence-corrected chi connectivity index (χ1v) is 4.68. The van der Waals surface area contributed by atoms with E-state index < -0.39 is 5.97 Å². The Bertz CT molecular complexity index is 139. The summed E-state index contributed by atoms with van der Waals surface area (Å²) in [4.78, 5) is 9.00. The molecular weight excluding hydrogens is 168 g/mol. The van der Waals surface area contributed by atoms with Gasteiger partial charge in [-0.15, -0.1) is 0 Å². The molecule has 0 radical (unpaired) electrons. The minimum atomic E-state index is -0.833. The zero-order valence-electron chi connectivity index (χ0n) is 8.42. The summed E-state index contributed by atoms with van der Waals surface area (Å²) in [6.45, 7) is 1.08. The van der Waals surface area contributed by atoms with Crippen LogP contribution < -0.4 is 11.1 Å². The molecule has 1 aliphatic rings. The molecule has 0 atom stereocenters. The highest BCUT2D eigenvalue weighted by molar-refractivity contribution is 5.62. The van der Waals surface area contributed by atoms with Crippen molar-refractivity contribution in [3.05, 3.63) is 0 Å². The quantitative estimate of drug-likeness (QED) is 0.562. The van der Waals surface area contributed by atoms with Gasteiger partial charge < -0.3 is 16.2 Å². The monoisotopic (exact) mass is 188 g/mol. The van der Waals surface area contributed by atoms with Crippen molar-refractivity contribution in [1.29, 1.82) is 0 Å². The summed E-state index contributed by atoms with van der Waals surface area (Å²) in [5, 5.41) is 10.7. The summed E-state index contributed by atoms with van der Waals surface area (Å²) >= 11 is 0. The van der Waals surface area contributed by atoms with Crippen molar-refractivity contribution < 1.29 is 9.90 Å². The first-order chi connectivity index (χ1) is 6.06. The van der Waals surface area contributed by atoms with E-state index in [9.17, 15) is 0 Å². The number of carboxylic acids is 1. The third-order valence-corrected chi connectivity index (χ3v) is 2.18. The van der Waals surface area contributed by atoms with E-state index in [1.165, 1.54) is 25.7 Å². The van der Waals surface area contributed by atoms with Gasteiger partial charge in [-0.3, -0.25) is 4.79 Å². The van der Waals surface area contributed by atoms with Gasteiger partial charge in [0.1, 0.15) is 0 Å². The van der Waals surface area contributed by atoms with Crippen LogP contribution in [0.15, 0.2) is 0 Å². The molecule has 0 aromatic heterocycles. The number of nitrogens with two attached hydrogens (primary N) is 1. The van der Waals surface area contributed by atoms with Gasteiger partial charge in [0.05, 0.1) is 0 Å². The lowest BCUT2D eigenvalue weighted by Crippen LogP contribution is -2.35. The van der Waals surface area contributed by atoms with Crippen molar-refractivity contribution in [2.24, 2.45) is 5.73 Å². The Kier molecular flexibility index (Phi) is 6.54. The van der Waals surface area contributed by atoms with Gasteiger partial charge in [0.15, 0.2) is 0 Å². The summed E-state index contributed by atoms with van der Waals surface area (Å²) in [5.41, 5.74) is 5.72. The molecule has 1 saturated carbocycles. The van der Waals surface area contributed by atoms with Crippen LogP contribution in [0.25, 0.3) is 0 Å². The van der Waals surface area contributed by atoms with Crippen molar-refractivity contribution >= 4 is 5.97 Å². The molecular formula is C9H20N2O2. The fourth-order valence-corrected chi connectivity index (χ4v) is 1.41. The summed E-state index contributed by atoms with van der Waals surface area (Å²) in [5.74, 6) is -0.833. The number of carbonyl (C=O) groups is 1. The van der Waals surface area contributed by atoms with Crippen LogP contribution in [0.5, 0.6) is 0 Å². The Hall–Kier alpha value is -0.610. The Morgan fingerprint density at radius 3 is 2.08 bits per heavy atom.